The SMILES string of the molecule is CN(Cc1ccccc1Br)Cc1ccccc1CN. The lowest BCUT2D eigenvalue weighted by molar-refractivity contribution is 0.317. The van der Waals surface area contributed by atoms with Gasteiger partial charge in [-0.2, -0.15) is 0 Å². The van der Waals surface area contributed by atoms with Crippen LogP contribution < -0.4 is 5.73 Å². The zero-order valence-corrected chi connectivity index (χ0v) is 12.7. The molecule has 0 aliphatic carbocycles. The van der Waals surface area contributed by atoms with Crippen LogP contribution in [0.3, 0.4) is 0 Å². The summed E-state index contributed by atoms with van der Waals surface area (Å²) < 4.78 is 1.16. The monoisotopic (exact) mass is 318 g/mol. The lowest BCUT2D eigenvalue weighted by Crippen LogP contribution is -2.19. The first-order valence-corrected chi connectivity index (χ1v) is 7.19. The number of benzene rings is 2. The molecule has 100 valence electrons. The Morgan fingerprint density at radius 1 is 0.895 bits per heavy atom. The summed E-state index contributed by atoms with van der Waals surface area (Å²) in [7, 11) is 2.13. The quantitative estimate of drug-likeness (QED) is 0.913. The summed E-state index contributed by atoms with van der Waals surface area (Å²) in [6.07, 6.45) is 0. The summed E-state index contributed by atoms with van der Waals surface area (Å²) in [6, 6.07) is 16.7. The number of halogens is 1. The van der Waals surface area contributed by atoms with E-state index in [0.717, 1.165) is 17.6 Å². The van der Waals surface area contributed by atoms with Crippen molar-refractivity contribution < 1.29 is 0 Å². The van der Waals surface area contributed by atoms with Gasteiger partial charge < -0.3 is 5.73 Å². The van der Waals surface area contributed by atoms with E-state index in [1.54, 1.807) is 0 Å². The molecule has 0 unspecified atom stereocenters. The van der Waals surface area contributed by atoms with E-state index in [1.165, 1.54) is 16.7 Å². The van der Waals surface area contributed by atoms with Gasteiger partial charge in [0.1, 0.15) is 0 Å². The van der Waals surface area contributed by atoms with Crippen molar-refractivity contribution in [1.82, 2.24) is 4.90 Å². The summed E-state index contributed by atoms with van der Waals surface area (Å²) in [6.45, 7) is 2.42. The summed E-state index contributed by atoms with van der Waals surface area (Å²) in [5.41, 5.74) is 9.61. The fraction of sp³-hybridized carbons (Fsp3) is 0.250. The van der Waals surface area contributed by atoms with Gasteiger partial charge in [-0.15, -0.1) is 0 Å². The van der Waals surface area contributed by atoms with Gasteiger partial charge in [0.25, 0.3) is 0 Å². The van der Waals surface area contributed by atoms with Gasteiger partial charge in [-0.3, -0.25) is 4.90 Å². The Morgan fingerprint density at radius 3 is 2.05 bits per heavy atom. The minimum atomic E-state index is 0.596. The Balaban J connectivity index is 2.05. The van der Waals surface area contributed by atoms with Crippen molar-refractivity contribution in [3.63, 3.8) is 0 Å². The Morgan fingerprint density at radius 2 is 1.42 bits per heavy atom. The molecule has 0 aliphatic heterocycles. The molecule has 0 amide bonds. The summed E-state index contributed by atoms with van der Waals surface area (Å²) in [5, 5.41) is 0. The molecule has 2 N–H and O–H groups in total. The molecule has 2 rings (SSSR count). The Hall–Kier alpha value is -1.16. The van der Waals surface area contributed by atoms with E-state index in [9.17, 15) is 0 Å². The largest absolute Gasteiger partial charge is 0.326 e. The minimum absolute atomic E-state index is 0.596. The number of nitrogens with two attached hydrogens (primary N) is 1. The van der Waals surface area contributed by atoms with Gasteiger partial charge in [0.05, 0.1) is 0 Å². The highest BCUT2D eigenvalue weighted by molar-refractivity contribution is 9.10. The molecule has 0 atom stereocenters. The van der Waals surface area contributed by atoms with Crippen molar-refractivity contribution in [3.05, 3.63) is 69.7 Å². The van der Waals surface area contributed by atoms with Crippen LogP contribution in [0.15, 0.2) is 53.0 Å². The van der Waals surface area contributed by atoms with Gasteiger partial charge >= 0.3 is 0 Å². The van der Waals surface area contributed by atoms with E-state index in [0.29, 0.717) is 6.54 Å². The van der Waals surface area contributed by atoms with Gasteiger partial charge in [0.2, 0.25) is 0 Å². The van der Waals surface area contributed by atoms with Gasteiger partial charge in [0.15, 0.2) is 0 Å². The van der Waals surface area contributed by atoms with Gasteiger partial charge in [0, 0.05) is 24.1 Å². The van der Waals surface area contributed by atoms with Crippen LogP contribution in [0, 0.1) is 0 Å². The third kappa shape index (κ3) is 3.90. The topological polar surface area (TPSA) is 29.3 Å². The van der Waals surface area contributed by atoms with Crippen LogP contribution in [0.4, 0.5) is 0 Å². The van der Waals surface area contributed by atoms with Gasteiger partial charge in [-0.25, -0.2) is 0 Å². The van der Waals surface area contributed by atoms with E-state index >= 15 is 0 Å². The molecule has 2 nitrogen and oxygen atoms in total. The van der Waals surface area contributed by atoms with E-state index < -0.39 is 0 Å². The first kappa shape index (κ1) is 14.3. The normalized spacial score (nSPS) is 10.9. The third-order valence-electron chi connectivity index (χ3n) is 3.18. The second-order valence-corrected chi connectivity index (χ2v) is 5.59. The molecule has 2 aromatic rings. The lowest BCUT2D eigenvalue weighted by Gasteiger charge is -2.19. The van der Waals surface area contributed by atoms with Crippen molar-refractivity contribution >= 4 is 15.9 Å². The maximum absolute atomic E-state index is 5.78. The molecule has 0 spiro atoms. The molecule has 0 heterocycles. The van der Waals surface area contributed by atoms with Gasteiger partial charge in [-0.05, 0) is 29.8 Å². The van der Waals surface area contributed by atoms with Crippen LogP contribution in [0.1, 0.15) is 16.7 Å². The first-order chi connectivity index (χ1) is 9.20. The maximum atomic E-state index is 5.78. The smallest absolute Gasteiger partial charge is 0.0245 e. The fourth-order valence-corrected chi connectivity index (χ4v) is 2.59. The van der Waals surface area contributed by atoms with Crippen molar-refractivity contribution in [2.45, 2.75) is 19.6 Å². The molecule has 2 aromatic carbocycles. The highest BCUT2D eigenvalue weighted by atomic mass is 79.9. The number of hydrogen-bond donors (Lipinski definition) is 1. The highest BCUT2D eigenvalue weighted by Gasteiger charge is 2.06. The summed E-state index contributed by atoms with van der Waals surface area (Å²) >= 11 is 3.59. The van der Waals surface area contributed by atoms with Crippen LogP contribution in [-0.2, 0) is 19.6 Å². The molecule has 0 radical (unpaired) electrons. The molecule has 19 heavy (non-hydrogen) atoms. The molecule has 3 heteroatoms. The highest BCUT2D eigenvalue weighted by Crippen LogP contribution is 2.18. The standard InChI is InChI=1S/C16H19BrN2/c1-19(12-15-8-4-5-9-16(15)17)11-14-7-3-2-6-13(14)10-18/h2-9H,10-12,18H2,1H3. The van der Waals surface area contributed by atoms with Crippen LogP contribution >= 0.6 is 15.9 Å². The molecule has 0 saturated carbocycles. The van der Waals surface area contributed by atoms with E-state index in [4.69, 9.17) is 5.73 Å². The van der Waals surface area contributed by atoms with Crippen molar-refractivity contribution in [1.29, 1.82) is 0 Å². The van der Waals surface area contributed by atoms with Crippen molar-refractivity contribution in [2.24, 2.45) is 5.73 Å². The van der Waals surface area contributed by atoms with Crippen LogP contribution in [-0.4, -0.2) is 11.9 Å². The molecular formula is C16H19BrN2. The van der Waals surface area contributed by atoms with Crippen LogP contribution in [0.5, 0.6) is 0 Å². The molecule has 0 aliphatic rings. The molecule has 0 aromatic heterocycles. The Kier molecular flexibility index (Phi) is 5.14. The molecular weight excluding hydrogens is 300 g/mol. The number of hydrogen-bond acceptors (Lipinski definition) is 2. The van der Waals surface area contributed by atoms with E-state index in [1.807, 2.05) is 12.1 Å². The minimum Gasteiger partial charge on any atom is -0.326 e. The Labute approximate surface area is 123 Å². The molecule has 0 bridgehead atoms. The molecule has 0 fully saturated rings. The van der Waals surface area contributed by atoms with Crippen LogP contribution in [0.2, 0.25) is 0 Å². The number of nitrogens with zero attached hydrogens (tertiary/aromatic N) is 1. The zero-order valence-electron chi connectivity index (χ0n) is 11.1. The predicted octanol–water partition coefficient (Wildman–Crippen LogP) is 3.54. The average molecular weight is 319 g/mol. The first-order valence-electron chi connectivity index (χ1n) is 6.39. The predicted molar refractivity (Wildman–Crippen MR) is 83.6 cm³/mol. The molecule has 0 saturated heterocycles. The van der Waals surface area contributed by atoms with E-state index in [-0.39, 0.29) is 0 Å². The van der Waals surface area contributed by atoms with E-state index in [2.05, 4.69) is 64.3 Å². The van der Waals surface area contributed by atoms with Crippen molar-refractivity contribution in [2.75, 3.05) is 7.05 Å². The second kappa shape index (κ2) is 6.85. The van der Waals surface area contributed by atoms with Crippen molar-refractivity contribution in [3.8, 4) is 0 Å². The fourth-order valence-electron chi connectivity index (χ4n) is 2.17. The lowest BCUT2D eigenvalue weighted by atomic mass is 10.1. The van der Waals surface area contributed by atoms with Gasteiger partial charge in [-0.1, -0.05) is 58.4 Å². The maximum Gasteiger partial charge on any atom is 0.0245 e. The third-order valence-corrected chi connectivity index (χ3v) is 3.95. The Bertz CT molecular complexity index is 540. The zero-order chi connectivity index (χ0) is 13.7. The van der Waals surface area contributed by atoms with Crippen LogP contribution in [0.25, 0.3) is 0 Å². The second-order valence-electron chi connectivity index (χ2n) is 4.74. The summed E-state index contributed by atoms with van der Waals surface area (Å²) in [5.74, 6) is 0. The number of rotatable bonds is 5. The summed E-state index contributed by atoms with van der Waals surface area (Å²) in [4.78, 5) is 2.30. The average Bonchev–Trinajstić information content (AvgIpc) is 2.42.